The van der Waals surface area contributed by atoms with Crippen LogP contribution in [0.5, 0.6) is 0 Å². The molecule has 6 heteroatoms. The van der Waals surface area contributed by atoms with Gasteiger partial charge in [0.15, 0.2) is 5.13 Å². The Kier molecular flexibility index (Phi) is 3.54. The van der Waals surface area contributed by atoms with Crippen LogP contribution in [0.15, 0.2) is 42.5 Å². The number of amides is 1. The van der Waals surface area contributed by atoms with E-state index in [2.05, 4.69) is 33.6 Å². The summed E-state index contributed by atoms with van der Waals surface area (Å²) >= 11 is 1.50. The van der Waals surface area contributed by atoms with Crippen LogP contribution in [0.4, 0.5) is 5.13 Å². The van der Waals surface area contributed by atoms with E-state index in [1.165, 1.54) is 16.7 Å². The summed E-state index contributed by atoms with van der Waals surface area (Å²) in [6.07, 6.45) is 0. The van der Waals surface area contributed by atoms with Crippen molar-refractivity contribution in [2.75, 3.05) is 5.32 Å². The number of aryl methyl sites for hydroxylation is 2. The quantitative estimate of drug-likeness (QED) is 0.609. The first-order chi connectivity index (χ1) is 11.7. The highest BCUT2D eigenvalue weighted by atomic mass is 32.1. The van der Waals surface area contributed by atoms with E-state index in [9.17, 15) is 4.79 Å². The van der Waals surface area contributed by atoms with Gasteiger partial charge >= 0.3 is 0 Å². The number of hydrogen-bond acceptors (Lipinski definition) is 4. The molecule has 1 amide bonds. The molecule has 0 saturated heterocycles. The van der Waals surface area contributed by atoms with Crippen LogP contribution >= 0.6 is 11.3 Å². The highest BCUT2D eigenvalue weighted by molar-refractivity contribution is 7.23. The largest absolute Gasteiger partial charge is 0.296 e. The minimum atomic E-state index is -0.180. The monoisotopic (exact) mass is 336 g/mol. The lowest BCUT2D eigenvalue weighted by molar-refractivity contribution is 0.101. The lowest BCUT2D eigenvalue weighted by Crippen LogP contribution is -2.17. The molecule has 0 aliphatic heterocycles. The molecule has 0 fully saturated rings. The first-order valence-electron chi connectivity index (χ1n) is 7.80. The molecule has 0 unspecified atom stereocenters. The molecular weight excluding hydrogens is 320 g/mol. The normalized spacial score (nSPS) is 11.2. The highest BCUT2D eigenvalue weighted by Crippen LogP contribution is 2.32. The van der Waals surface area contributed by atoms with Gasteiger partial charge in [0.1, 0.15) is 5.69 Å². The smallest absolute Gasteiger partial charge is 0.275 e. The van der Waals surface area contributed by atoms with E-state index < -0.39 is 0 Å². The number of nitrogens with one attached hydrogen (secondary N) is 1. The minimum Gasteiger partial charge on any atom is -0.296 e. The fourth-order valence-corrected chi connectivity index (χ4v) is 3.83. The zero-order valence-corrected chi connectivity index (χ0v) is 14.2. The van der Waals surface area contributed by atoms with Crippen LogP contribution in [-0.2, 0) is 6.54 Å². The van der Waals surface area contributed by atoms with E-state index >= 15 is 0 Å². The zero-order chi connectivity index (χ0) is 16.7. The van der Waals surface area contributed by atoms with E-state index in [1.807, 2.05) is 32.0 Å². The first kappa shape index (κ1) is 14.8. The second-order valence-corrected chi connectivity index (χ2v) is 6.59. The maximum Gasteiger partial charge on any atom is 0.275 e. The molecule has 1 N–H and O–H groups in total. The lowest BCUT2D eigenvalue weighted by atomic mass is 10.1. The number of nitrogens with zero attached hydrogens (tertiary/aromatic N) is 3. The molecule has 2 aromatic heterocycles. The van der Waals surface area contributed by atoms with Crippen molar-refractivity contribution in [1.29, 1.82) is 0 Å². The molecule has 0 atom stereocenters. The van der Waals surface area contributed by atoms with E-state index in [-0.39, 0.29) is 5.91 Å². The van der Waals surface area contributed by atoms with Gasteiger partial charge < -0.3 is 0 Å². The standard InChI is InChI=1S/C18H16N4OS/c1-3-22-15(10-11(2)21-22)17(23)20-18-19-14-9-8-12-6-4-5-7-13(12)16(14)24-18/h4-10H,3H2,1-2H3,(H,19,20,23). The first-order valence-corrected chi connectivity index (χ1v) is 8.61. The molecular formula is C18H16N4OS. The molecule has 5 nitrogen and oxygen atoms in total. The Hall–Kier alpha value is -2.73. The van der Waals surface area contributed by atoms with Crippen molar-refractivity contribution < 1.29 is 4.79 Å². The topological polar surface area (TPSA) is 59.8 Å². The van der Waals surface area contributed by atoms with Gasteiger partial charge in [0.05, 0.1) is 15.9 Å². The number of carbonyl (C=O) groups is 1. The van der Waals surface area contributed by atoms with Gasteiger partial charge in [-0.3, -0.25) is 14.8 Å². The van der Waals surface area contributed by atoms with E-state index in [1.54, 1.807) is 10.7 Å². The maximum atomic E-state index is 12.5. The molecule has 0 spiro atoms. The van der Waals surface area contributed by atoms with Gasteiger partial charge in [-0.05, 0) is 31.4 Å². The van der Waals surface area contributed by atoms with Crippen molar-refractivity contribution in [2.24, 2.45) is 0 Å². The SMILES string of the molecule is CCn1nc(C)cc1C(=O)Nc1nc2ccc3ccccc3c2s1. The molecule has 4 rings (SSSR count). The Labute approximate surface area is 142 Å². The van der Waals surface area contributed by atoms with Gasteiger partial charge in [-0.15, -0.1) is 0 Å². The second-order valence-electron chi connectivity index (χ2n) is 5.59. The number of thiazole rings is 1. The Bertz CT molecular complexity index is 1060. The van der Waals surface area contributed by atoms with Gasteiger partial charge in [0, 0.05) is 11.9 Å². The van der Waals surface area contributed by atoms with Gasteiger partial charge in [-0.2, -0.15) is 5.10 Å². The molecule has 2 aromatic carbocycles. The van der Waals surface area contributed by atoms with Crippen LogP contribution in [0.25, 0.3) is 21.0 Å². The number of carbonyl (C=O) groups excluding carboxylic acids is 1. The van der Waals surface area contributed by atoms with E-state index in [0.717, 1.165) is 21.3 Å². The van der Waals surface area contributed by atoms with Crippen LogP contribution in [0, 0.1) is 6.92 Å². The average Bonchev–Trinajstić information content (AvgIpc) is 3.17. The predicted octanol–water partition coefficient (Wildman–Crippen LogP) is 4.23. The Morgan fingerprint density at radius 2 is 2.08 bits per heavy atom. The minimum absolute atomic E-state index is 0.180. The molecule has 0 saturated carbocycles. The van der Waals surface area contributed by atoms with Crippen LogP contribution in [0.1, 0.15) is 23.1 Å². The van der Waals surface area contributed by atoms with Gasteiger partial charge in [0.25, 0.3) is 5.91 Å². The Morgan fingerprint density at radius 1 is 1.25 bits per heavy atom. The molecule has 4 aromatic rings. The number of rotatable bonds is 3. The number of hydrogen-bond donors (Lipinski definition) is 1. The average molecular weight is 336 g/mol. The number of fused-ring (bicyclic) bond motifs is 3. The lowest BCUT2D eigenvalue weighted by Gasteiger charge is -2.03. The van der Waals surface area contributed by atoms with Crippen molar-refractivity contribution >= 4 is 43.4 Å². The summed E-state index contributed by atoms with van der Waals surface area (Å²) in [7, 11) is 0. The summed E-state index contributed by atoms with van der Waals surface area (Å²) in [4.78, 5) is 17.1. The summed E-state index contributed by atoms with van der Waals surface area (Å²) in [5.74, 6) is -0.180. The summed E-state index contributed by atoms with van der Waals surface area (Å²) in [5.41, 5.74) is 2.28. The summed E-state index contributed by atoms with van der Waals surface area (Å²) in [6, 6.07) is 14.0. The molecule has 0 radical (unpaired) electrons. The molecule has 2 heterocycles. The van der Waals surface area contributed by atoms with Gasteiger partial charge in [-0.1, -0.05) is 41.7 Å². The van der Waals surface area contributed by atoms with Crippen LogP contribution < -0.4 is 5.32 Å². The fourth-order valence-electron chi connectivity index (χ4n) is 2.84. The summed E-state index contributed by atoms with van der Waals surface area (Å²) in [6.45, 7) is 4.50. The maximum absolute atomic E-state index is 12.5. The predicted molar refractivity (Wildman–Crippen MR) is 97.7 cm³/mol. The van der Waals surface area contributed by atoms with Crippen molar-refractivity contribution in [1.82, 2.24) is 14.8 Å². The van der Waals surface area contributed by atoms with E-state index in [4.69, 9.17) is 0 Å². The fraction of sp³-hybridized carbons (Fsp3) is 0.167. The Morgan fingerprint density at radius 3 is 2.92 bits per heavy atom. The molecule has 24 heavy (non-hydrogen) atoms. The molecule has 0 bridgehead atoms. The van der Waals surface area contributed by atoms with E-state index in [0.29, 0.717) is 17.4 Å². The molecule has 120 valence electrons. The number of benzene rings is 2. The third kappa shape index (κ3) is 2.45. The van der Waals surface area contributed by atoms with Crippen molar-refractivity contribution in [2.45, 2.75) is 20.4 Å². The van der Waals surface area contributed by atoms with Crippen molar-refractivity contribution in [3.63, 3.8) is 0 Å². The third-order valence-corrected chi connectivity index (χ3v) is 4.95. The van der Waals surface area contributed by atoms with Crippen molar-refractivity contribution in [3.05, 3.63) is 53.9 Å². The van der Waals surface area contributed by atoms with Gasteiger partial charge in [-0.25, -0.2) is 4.98 Å². The van der Waals surface area contributed by atoms with Gasteiger partial charge in [0.2, 0.25) is 0 Å². The summed E-state index contributed by atoms with van der Waals surface area (Å²) in [5, 5.41) is 10.2. The van der Waals surface area contributed by atoms with Crippen LogP contribution in [0.2, 0.25) is 0 Å². The second kappa shape index (κ2) is 5.72. The van der Waals surface area contributed by atoms with Crippen molar-refractivity contribution in [3.8, 4) is 0 Å². The molecule has 0 aliphatic carbocycles. The number of anilines is 1. The van der Waals surface area contributed by atoms with Crippen LogP contribution in [0.3, 0.4) is 0 Å². The van der Waals surface area contributed by atoms with Crippen LogP contribution in [-0.4, -0.2) is 20.7 Å². The number of aromatic nitrogens is 3. The Balaban J connectivity index is 1.72. The zero-order valence-electron chi connectivity index (χ0n) is 13.4. The third-order valence-electron chi connectivity index (χ3n) is 3.93. The highest BCUT2D eigenvalue weighted by Gasteiger charge is 2.15. The summed E-state index contributed by atoms with van der Waals surface area (Å²) < 4.78 is 2.79. The molecule has 0 aliphatic rings.